The highest BCUT2D eigenvalue weighted by Crippen LogP contribution is 2.12. The molecular formula is C14H16N4O2. The first-order valence-electron chi connectivity index (χ1n) is 6.14. The van der Waals surface area contributed by atoms with E-state index in [9.17, 15) is 4.79 Å². The van der Waals surface area contributed by atoms with Crippen molar-refractivity contribution in [2.75, 3.05) is 24.2 Å². The van der Waals surface area contributed by atoms with E-state index < -0.39 is 5.91 Å². The number of hydrogen-bond acceptors (Lipinski definition) is 5. The van der Waals surface area contributed by atoms with Gasteiger partial charge in [-0.15, -0.1) is 0 Å². The minimum Gasteiger partial charge on any atom is -0.492 e. The van der Waals surface area contributed by atoms with E-state index in [0.717, 1.165) is 5.75 Å². The number of benzene rings is 1. The number of nitrogens with two attached hydrogens (primary N) is 2. The second-order valence-electron chi connectivity index (χ2n) is 4.12. The molecule has 0 aliphatic carbocycles. The van der Waals surface area contributed by atoms with Crippen LogP contribution < -0.4 is 21.5 Å². The average Bonchev–Trinajstić information content (AvgIpc) is 2.46. The van der Waals surface area contributed by atoms with Gasteiger partial charge in [0.15, 0.2) is 0 Å². The third kappa shape index (κ3) is 3.88. The van der Waals surface area contributed by atoms with Gasteiger partial charge in [0, 0.05) is 5.69 Å². The van der Waals surface area contributed by atoms with Crippen LogP contribution in [0.15, 0.2) is 42.5 Å². The third-order valence-corrected chi connectivity index (χ3v) is 2.56. The van der Waals surface area contributed by atoms with Gasteiger partial charge in [-0.05, 0) is 36.4 Å². The van der Waals surface area contributed by atoms with Crippen molar-refractivity contribution in [3.8, 4) is 5.75 Å². The van der Waals surface area contributed by atoms with E-state index in [4.69, 9.17) is 16.2 Å². The van der Waals surface area contributed by atoms with Crippen LogP contribution in [0.2, 0.25) is 0 Å². The minimum absolute atomic E-state index is 0.231. The Balaban J connectivity index is 1.79. The number of pyridine rings is 1. The standard InChI is InChI=1S/C14H16N4O2/c15-10-4-6-11(7-5-10)20-9-8-17-13-3-1-2-12(18-13)14(16)19/h1-7H,8-9,15H2,(H2,16,19)(H,17,18). The van der Waals surface area contributed by atoms with Crippen LogP contribution in [0.1, 0.15) is 10.5 Å². The molecule has 0 bridgehead atoms. The topological polar surface area (TPSA) is 103 Å². The fraction of sp³-hybridized carbons (Fsp3) is 0.143. The summed E-state index contributed by atoms with van der Waals surface area (Å²) in [4.78, 5) is 15.1. The van der Waals surface area contributed by atoms with E-state index in [1.165, 1.54) is 0 Å². The summed E-state index contributed by atoms with van der Waals surface area (Å²) in [7, 11) is 0. The van der Waals surface area contributed by atoms with E-state index in [1.54, 1.807) is 42.5 Å². The Kier molecular flexibility index (Phi) is 4.39. The molecular weight excluding hydrogens is 256 g/mol. The molecule has 0 fully saturated rings. The van der Waals surface area contributed by atoms with Gasteiger partial charge in [0.25, 0.3) is 5.91 Å². The molecule has 1 aromatic carbocycles. The number of ether oxygens (including phenoxy) is 1. The Hall–Kier alpha value is -2.76. The summed E-state index contributed by atoms with van der Waals surface area (Å²) in [5.74, 6) is 0.786. The van der Waals surface area contributed by atoms with Crippen LogP contribution in [0.25, 0.3) is 0 Å². The van der Waals surface area contributed by atoms with Crippen molar-refractivity contribution in [2.24, 2.45) is 5.73 Å². The molecule has 20 heavy (non-hydrogen) atoms. The summed E-state index contributed by atoms with van der Waals surface area (Å²) < 4.78 is 5.52. The number of aromatic nitrogens is 1. The first-order valence-corrected chi connectivity index (χ1v) is 6.14. The van der Waals surface area contributed by atoms with Gasteiger partial charge >= 0.3 is 0 Å². The van der Waals surface area contributed by atoms with Gasteiger partial charge in [0.2, 0.25) is 0 Å². The van der Waals surface area contributed by atoms with Crippen LogP contribution in [0.3, 0.4) is 0 Å². The predicted molar refractivity (Wildman–Crippen MR) is 77.6 cm³/mol. The SMILES string of the molecule is NC(=O)c1cccc(NCCOc2ccc(N)cc2)n1. The molecule has 104 valence electrons. The lowest BCUT2D eigenvalue weighted by molar-refractivity contribution is 0.0995. The molecule has 0 unspecified atom stereocenters. The Bertz CT molecular complexity index is 584. The van der Waals surface area contributed by atoms with Crippen LogP contribution in [0.5, 0.6) is 5.75 Å². The molecule has 6 nitrogen and oxygen atoms in total. The zero-order valence-corrected chi connectivity index (χ0v) is 10.9. The van der Waals surface area contributed by atoms with Crippen molar-refractivity contribution in [1.82, 2.24) is 4.98 Å². The Morgan fingerprint density at radius 1 is 1.20 bits per heavy atom. The maximum absolute atomic E-state index is 11.0. The molecule has 0 spiro atoms. The van der Waals surface area contributed by atoms with Crippen molar-refractivity contribution >= 4 is 17.4 Å². The molecule has 6 heteroatoms. The Labute approximate surface area is 116 Å². The van der Waals surface area contributed by atoms with Crippen LogP contribution in [0.4, 0.5) is 11.5 Å². The van der Waals surface area contributed by atoms with E-state index in [2.05, 4.69) is 10.3 Å². The highest BCUT2D eigenvalue weighted by Gasteiger charge is 2.02. The number of amides is 1. The second kappa shape index (κ2) is 6.42. The van der Waals surface area contributed by atoms with Gasteiger partial charge in [0.1, 0.15) is 23.9 Å². The zero-order chi connectivity index (χ0) is 14.4. The lowest BCUT2D eigenvalue weighted by Gasteiger charge is -2.08. The summed E-state index contributed by atoms with van der Waals surface area (Å²) in [6.07, 6.45) is 0. The van der Waals surface area contributed by atoms with Crippen molar-refractivity contribution < 1.29 is 9.53 Å². The van der Waals surface area contributed by atoms with Gasteiger partial charge in [-0.3, -0.25) is 4.79 Å². The monoisotopic (exact) mass is 272 g/mol. The number of nitrogen functional groups attached to an aromatic ring is 1. The summed E-state index contributed by atoms with van der Waals surface area (Å²) >= 11 is 0. The van der Waals surface area contributed by atoms with E-state index in [0.29, 0.717) is 24.7 Å². The van der Waals surface area contributed by atoms with Crippen molar-refractivity contribution in [3.63, 3.8) is 0 Å². The first-order chi connectivity index (χ1) is 9.65. The molecule has 0 radical (unpaired) electrons. The van der Waals surface area contributed by atoms with E-state index in [-0.39, 0.29) is 5.69 Å². The number of nitrogens with one attached hydrogen (secondary N) is 1. The van der Waals surface area contributed by atoms with Gasteiger partial charge < -0.3 is 21.5 Å². The summed E-state index contributed by atoms with van der Waals surface area (Å²) in [5, 5.41) is 3.05. The van der Waals surface area contributed by atoms with Gasteiger partial charge in [0.05, 0.1) is 6.54 Å². The van der Waals surface area contributed by atoms with Gasteiger partial charge in [-0.1, -0.05) is 6.07 Å². The molecule has 2 rings (SSSR count). The molecule has 5 N–H and O–H groups in total. The lowest BCUT2D eigenvalue weighted by Crippen LogP contribution is -2.16. The molecule has 0 atom stereocenters. The molecule has 0 aliphatic rings. The number of carbonyl (C=O) groups excluding carboxylic acids is 1. The molecule has 1 amide bonds. The lowest BCUT2D eigenvalue weighted by atomic mass is 10.3. The highest BCUT2D eigenvalue weighted by molar-refractivity contribution is 5.91. The number of anilines is 2. The molecule has 1 aromatic heterocycles. The number of hydrogen-bond donors (Lipinski definition) is 3. The second-order valence-corrected chi connectivity index (χ2v) is 4.12. The van der Waals surface area contributed by atoms with E-state index in [1.807, 2.05) is 0 Å². The van der Waals surface area contributed by atoms with Crippen molar-refractivity contribution in [3.05, 3.63) is 48.2 Å². The molecule has 1 heterocycles. The summed E-state index contributed by atoms with van der Waals surface area (Å²) in [6.45, 7) is 1.02. The van der Waals surface area contributed by atoms with Crippen LogP contribution >= 0.6 is 0 Å². The summed E-state index contributed by atoms with van der Waals surface area (Å²) in [5.41, 5.74) is 11.7. The maximum Gasteiger partial charge on any atom is 0.267 e. The van der Waals surface area contributed by atoms with Gasteiger partial charge in [-0.2, -0.15) is 0 Å². The quantitative estimate of drug-likeness (QED) is 0.542. The van der Waals surface area contributed by atoms with Crippen LogP contribution in [0, 0.1) is 0 Å². The Morgan fingerprint density at radius 2 is 1.95 bits per heavy atom. The molecule has 0 aliphatic heterocycles. The average molecular weight is 272 g/mol. The smallest absolute Gasteiger partial charge is 0.267 e. The fourth-order valence-electron chi connectivity index (χ4n) is 1.58. The zero-order valence-electron chi connectivity index (χ0n) is 10.9. The van der Waals surface area contributed by atoms with Crippen molar-refractivity contribution in [1.29, 1.82) is 0 Å². The number of primary amides is 1. The maximum atomic E-state index is 11.0. The minimum atomic E-state index is -0.549. The van der Waals surface area contributed by atoms with Crippen molar-refractivity contribution in [2.45, 2.75) is 0 Å². The first kappa shape index (κ1) is 13.7. The fourth-order valence-corrected chi connectivity index (χ4v) is 1.58. The predicted octanol–water partition coefficient (Wildman–Crippen LogP) is 1.25. The number of nitrogens with zero attached hydrogens (tertiary/aromatic N) is 1. The van der Waals surface area contributed by atoms with Crippen LogP contribution in [-0.2, 0) is 0 Å². The molecule has 0 saturated heterocycles. The molecule has 2 aromatic rings. The third-order valence-electron chi connectivity index (χ3n) is 2.56. The number of rotatable bonds is 6. The number of carbonyl (C=O) groups is 1. The Morgan fingerprint density at radius 3 is 2.65 bits per heavy atom. The van der Waals surface area contributed by atoms with Gasteiger partial charge in [-0.25, -0.2) is 4.98 Å². The van der Waals surface area contributed by atoms with Crippen LogP contribution in [-0.4, -0.2) is 24.0 Å². The molecule has 0 saturated carbocycles. The normalized spacial score (nSPS) is 10.0. The van der Waals surface area contributed by atoms with E-state index >= 15 is 0 Å². The summed E-state index contributed by atoms with van der Waals surface area (Å²) in [6, 6.07) is 12.2. The largest absolute Gasteiger partial charge is 0.492 e. The highest BCUT2D eigenvalue weighted by atomic mass is 16.5.